The van der Waals surface area contributed by atoms with Crippen molar-refractivity contribution in [2.45, 2.75) is 6.04 Å². The van der Waals surface area contributed by atoms with Gasteiger partial charge in [0.25, 0.3) is 0 Å². The van der Waals surface area contributed by atoms with Gasteiger partial charge in [0.2, 0.25) is 5.95 Å². The minimum atomic E-state index is -0.519. The van der Waals surface area contributed by atoms with Gasteiger partial charge in [0, 0.05) is 15.3 Å². The van der Waals surface area contributed by atoms with Crippen LogP contribution in [-0.2, 0) is 0 Å². The van der Waals surface area contributed by atoms with Crippen molar-refractivity contribution in [2.75, 3.05) is 0 Å². The summed E-state index contributed by atoms with van der Waals surface area (Å²) in [5.41, 5.74) is 6.00. The van der Waals surface area contributed by atoms with Gasteiger partial charge in [0.05, 0.1) is 6.04 Å². The maximum Gasteiger partial charge on any atom is 0.219 e. The number of pyridine rings is 1. The van der Waals surface area contributed by atoms with Gasteiger partial charge < -0.3 is 5.73 Å². The monoisotopic (exact) mass is 278 g/mol. The van der Waals surface area contributed by atoms with Crippen molar-refractivity contribution in [1.29, 1.82) is 0 Å². The third-order valence-corrected chi connectivity index (χ3v) is 2.42. The molecule has 64 valence electrons. The number of nitrogens with zero attached hydrogens (tertiary/aromatic N) is 1. The average Bonchev–Trinajstić information content (AvgIpc) is 2.03. The fraction of sp³-hybridized carbons (Fsp3) is 0.125. The fourth-order valence-electron chi connectivity index (χ4n) is 0.841. The Kier molecular flexibility index (Phi) is 3.16. The lowest BCUT2D eigenvalue weighted by molar-refractivity contribution is 0.558. The van der Waals surface area contributed by atoms with Crippen LogP contribution in [0.5, 0.6) is 0 Å². The summed E-state index contributed by atoms with van der Waals surface area (Å²) >= 11 is 2.02. The topological polar surface area (TPSA) is 38.9 Å². The first-order valence-electron chi connectivity index (χ1n) is 3.35. The molecule has 0 aromatic carbocycles. The Morgan fingerprint density at radius 3 is 2.92 bits per heavy atom. The Bertz CT molecular complexity index is 281. The molecule has 0 unspecified atom stereocenters. The molecule has 2 nitrogen and oxygen atoms in total. The summed E-state index contributed by atoms with van der Waals surface area (Å²) in [6, 6.07) is 1.23. The first-order valence-corrected chi connectivity index (χ1v) is 4.42. The molecule has 0 saturated heterocycles. The van der Waals surface area contributed by atoms with Crippen LogP contribution in [0.15, 0.2) is 24.9 Å². The second kappa shape index (κ2) is 3.95. The first kappa shape index (κ1) is 9.60. The highest BCUT2D eigenvalue weighted by Crippen LogP contribution is 2.20. The van der Waals surface area contributed by atoms with Gasteiger partial charge in [-0.25, -0.2) is 4.98 Å². The van der Waals surface area contributed by atoms with E-state index in [0.29, 0.717) is 5.56 Å². The molecule has 0 aliphatic carbocycles. The van der Waals surface area contributed by atoms with E-state index in [1.165, 1.54) is 12.3 Å². The summed E-state index contributed by atoms with van der Waals surface area (Å²) in [6.45, 7) is 3.50. The molecule has 1 rings (SSSR count). The molecule has 0 radical (unpaired) electrons. The minimum Gasteiger partial charge on any atom is -0.321 e. The molecule has 0 saturated carbocycles. The standard InChI is InChI=1S/C8H8FIN2/c1-2-6(11)7-5(10)3-4-12-8(7)9/h2-4,6H,1,11H2/t6-/m0/s1. The molecular weight excluding hydrogens is 270 g/mol. The van der Waals surface area contributed by atoms with Crippen molar-refractivity contribution in [3.63, 3.8) is 0 Å². The summed E-state index contributed by atoms with van der Waals surface area (Å²) in [5, 5.41) is 0. The Labute approximate surface area is 83.8 Å². The second-order valence-corrected chi connectivity index (χ2v) is 3.42. The van der Waals surface area contributed by atoms with Gasteiger partial charge in [0.15, 0.2) is 0 Å². The van der Waals surface area contributed by atoms with Crippen LogP contribution in [0.3, 0.4) is 0 Å². The van der Waals surface area contributed by atoms with Crippen molar-refractivity contribution in [3.8, 4) is 0 Å². The van der Waals surface area contributed by atoms with Crippen LogP contribution in [0.2, 0.25) is 0 Å². The normalized spacial score (nSPS) is 12.6. The number of hydrogen-bond donors (Lipinski definition) is 1. The highest BCUT2D eigenvalue weighted by Gasteiger charge is 2.12. The summed E-state index contributed by atoms with van der Waals surface area (Å²) in [6.07, 6.45) is 2.90. The predicted molar refractivity (Wildman–Crippen MR) is 54.0 cm³/mol. The van der Waals surface area contributed by atoms with Crippen LogP contribution < -0.4 is 5.73 Å². The van der Waals surface area contributed by atoms with Crippen molar-refractivity contribution in [3.05, 3.63) is 40.0 Å². The van der Waals surface area contributed by atoms with Crippen LogP contribution in [0.4, 0.5) is 4.39 Å². The summed E-state index contributed by atoms with van der Waals surface area (Å²) < 4.78 is 13.8. The van der Waals surface area contributed by atoms with Crippen LogP contribution in [-0.4, -0.2) is 4.98 Å². The van der Waals surface area contributed by atoms with Gasteiger partial charge in [-0.1, -0.05) is 6.08 Å². The summed E-state index contributed by atoms with van der Waals surface area (Å²) in [4.78, 5) is 3.51. The lowest BCUT2D eigenvalue weighted by atomic mass is 10.1. The van der Waals surface area contributed by atoms with Gasteiger partial charge >= 0.3 is 0 Å². The fourth-order valence-corrected chi connectivity index (χ4v) is 1.58. The van der Waals surface area contributed by atoms with E-state index in [2.05, 4.69) is 11.6 Å². The molecule has 0 spiro atoms. The Morgan fingerprint density at radius 1 is 1.75 bits per heavy atom. The smallest absolute Gasteiger partial charge is 0.219 e. The third-order valence-electron chi connectivity index (χ3n) is 1.48. The number of halogens is 2. The van der Waals surface area contributed by atoms with E-state index in [9.17, 15) is 4.39 Å². The van der Waals surface area contributed by atoms with Gasteiger partial charge in [-0.05, 0) is 28.7 Å². The van der Waals surface area contributed by atoms with E-state index < -0.39 is 12.0 Å². The highest BCUT2D eigenvalue weighted by atomic mass is 127. The number of aromatic nitrogens is 1. The molecule has 0 bridgehead atoms. The van der Waals surface area contributed by atoms with Crippen LogP contribution >= 0.6 is 22.6 Å². The third kappa shape index (κ3) is 1.81. The molecule has 12 heavy (non-hydrogen) atoms. The van der Waals surface area contributed by atoms with E-state index in [1.54, 1.807) is 6.07 Å². The van der Waals surface area contributed by atoms with E-state index in [4.69, 9.17) is 5.73 Å². The van der Waals surface area contributed by atoms with Gasteiger partial charge in [-0.2, -0.15) is 4.39 Å². The lowest BCUT2D eigenvalue weighted by Gasteiger charge is -2.08. The zero-order chi connectivity index (χ0) is 9.14. The Morgan fingerprint density at radius 2 is 2.42 bits per heavy atom. The molecule has 1 aromatic rings. The van der Waals surface area contributed by atoms with Gasteiger partial charge in [-0.3, -0.25) is 0 Å². The molecule has 0 aliphatic heterocycles. The van der Waals surface area contributed by atoms with Gasteiger partial charge in [0.1, 0.15) is 0 Å². The zero-order valence-electron chi connectivity index (χ0n) is 6.30. The average molecular weight is 278 g/mol. The highest BCUT2D eigenvalue weighted by molar-refractivity contribution is 14.1. The van der Waals surface area contributed by atoms with Crippen molar-refractivity contribution < 1.29 is 4.39 Å². The molecule has 4 heteroatoms. The van der Waals surface area contributed by atoms with E-state index in [1.807, 2.05) is 22.6 Å². The van der Waals surface area contributed by atoms with Crippen LogP contribution in [0.25, 0.3) is 0 Å². The van der Waals surface area contributed by atoms with E-state index >= 15 is 0 Å². The molecule has 0 amide bonds. The zero-order valence-corrected chi connectivity index (χ0v) is 8.45. The molecule has 0 fully saturated rings. The maximum atomic E-state index is 13.0. The van der Waals surface area contributed by atoms with Crippen LogP contribution in [0, 0.1) is 9.52 Å². The number of rotatable bonds is 2. The van der Waals surface area contributed by atoms with E-state index in [-0.39, 0.29) is 0 Å². The van der Waals surface area contributed by atoms with Crippen molar-refractivity contribution in [1.82, 2.24) is 4.98 Å². The van der Waals surface area contributed by atoms with Crippen LogP contribution in [0.1, 0.15) is 11.6 Å². The number of hydrogen-bond acceptors (Lipinski definition) is 2. The Hall–Kier alpha value is -0.490. The predicted octanol–water partition coefficient (Wildman–Crippen LogP) is 2.01. The number of nitrogens with two attached hydrogens (primary N) is 1. The van der Waals surface area contributed by atoms with Crippen molar-refractivity contribution >= 4 is 22.6 Å². The summed E-state index contributed by atoms with van der Waals surface area (Å²) in [5.74, 6) is -0.519. The first-order chi connectivity index (χ1) is 5.66. The summed E-state index contributed by atoms with van der Waals surface area (Å²) in [7, 11) is 0. The minimum absolute atomic E-state index is 0.410. The Balaban J connectivity index is 3.20. The largest absolute Gasteiger partial charge is 0.321 e. The SMILES string of the molecule is C=C[C@H](N)c1c(I)ccnc1F. The second-order valence-electron chi connectivity index (χ2n) is 2.26. The molecule has 2 N–H and O–H groups in total. The lowest BCUT2D eigenvalue weighted by Crippen LogP contribution is -2.11. The molecule has 0 aliphatic rings. The molecule has 1 aromatic heterocycles. The quantitative estimate of drug-likeness (QED) is 0.510. The maximum absolute atomic E-state index is 13.0. The molecular formula is C8H8FIN2. The van der Waals surface area contributed by atoms with E-state index in [0.717, 1.165) is 3.57 Å². The molecule has 1 heterocycles. The van der Waals surface area contributed by atoms with Crippen molar-refractivity contribution in [2.24, 2.45) is 5.73 Å². The van der Waals surface area contributed by atoms with Gasteiger partial charge in [-0.15, -0.1) is 6.58 Å². The molecule has 1 atom stereocenters.